The van der Waals surface area contributed by atoms with Crippen LogP contribution < -0.4 is 0 Å². The smallest absolute Gasteiger partial charge is 0.410 e. The van der Waals surface area contributed by atoms with Gasteiger partial charge in [-0.1, -0.05) is 0 Å². The number of likely N-dealkylation sites (tertiary alicyclic amines) is 1. The molecular formula is C11H20FNO2. The van der Waals surface area contributed by atoms with Gasteiger partial charge in [0.15, 0.2) is 0 Å². The second kappa shape index (κ2) is 4.37. The summed E-state index contributed by atoms with van der Waals surface area (Å²) in [5.41, 5.74) is -0.483. The molecule has 0 bridgehead atoms. The average molecular weight is 217 g/mol. The Morgan fingerprint density at radius 1 is 1.47 bits per heavy atom. The summed E-state index contributed by atoms with van der Waals surface area (Å²) in [6.07, 6.45) is -0.274. The number of ether oxygens (including phenoxy) is 1. The van der Waals surface area contributed by atoms with E-state index in [0.29, 0.717) is 19.4 Å². The van der Waals surface area contributed by atoms with Crippen LogP contribution in [0.1, 0.15) is 40.5 Å². The minimum absolute atomic E-state index is 0.0661. The predicted molar refractivity (Wildman–Crippen MR) is 56.5 cm³/mol. The van der Waals surface area contributed by atoms with Crippen molar-refractivity contribution in [2.24, 2.45) is 0 Å². The Bertz CT molecular complexity index is 237. The normalized spacial score (nSPS) is 27.7. The summed E-state index contributed by atoms with van der Waals surface area (Å²) in [5, 5.41) is 0. The summed E-state index contributed by atoms with van der Waals surface area (Å²) in [5.74, 6) is 0. The minimum atomic E-state index is -0.779. The van der Waals surface area contributed by atoms with Crippen LogP contribution in [0.2, 0.25) is 0 Å². The number of piperidine rings is 1. The number of hydrogen-bond acceptors (Lipinski definition) is 2. The Morgan fingerprint density at radius 3 is 2.53 bits per heavy atom. The molecule has 1 aliphatic rings. The minimum Gasteiger partial charge on any atom is -0.444 e. The van der Waals surface area contributed by atoms with E-state index in [9.17, 15) is 9.18 Å². The second-order valence-corrected chi connectivity index (χ2v) is 5.14. The highest BCUT2D eigenvalue weighted by atomic mass is 19.1. The number of halogens is 1. The van der Waals surface area contributed by atoms with Gasteiger partial charge in [-0.05, 0) is 40.5 Å². The lowest BCUT2D eigenvalue weighted by Gasteiger charge is -2.36. The van der Waals surface area contributed by atoms with Crippen LogP contribution >= 0.6 is 0 Å². The molecule has 1 aliphatic heterocycles. The Kier molecular flexibility index (Phi) is 3.58. The number of hydrogen-bond donors (Lipinski definition) is 0. The van der Waals surface area contributed by atoms with Crippen LogP contribution in [-0.4, -0.2) is 35.4 Å². The van der Waals surface area contributed by atoms with Gasteiger partial charge in [0, 0.05) is 12.6 Å². The molecule has 1 saturated heterocycles. The molecule has 0 aromatic heterocycles. The van der Waals surface area contributed by atoms with Gasteiger partial charge < -0.3 is 9.64 Å². The van der Waals surface area contributed by atoms with Crippen molar-refractivity contribution in [3.8, 4) is 0 Å². The van der Waals surface area contributed by atoms with Crippen LogP contribution in [0.25, 0.3) is 0 Å². The van der Waals surface area contributed by atoms with Gasteiger partial charge in [0.2, 0.25) is 0 Å². The van der Waals surface area contributed by atoms with Crippen molar-refractivity contribution in [3.63, 3.8) is 0 Å². The summed E-state index contributed by atoms with van der Waals surface area (Å²) in [4.78, 5) is 13.3. The Hall–Kier alpha value is -0.800. The van der Waals surface area contributed by atoms with E-state index in [1.807, 2.05) is 27.7 Å². The lowest BCUT2D eigenvalue weighted by molar-refractivity contribution is 0.00486. The summed E-state index contributed by atoms with van der Waals surface area (Å²) >= 11 is 0. The van der Waals surface area contributed by atoms with Gasteiger partial charge in [-0.15, -0.1) is 0 Å². The van der Waals surface area contributed by atoms with Crippen LogP contribution in [0.5, 0.6) is 0 Å². The molecule has 4 heteroatoms. The fourth-order valence-corrected chi connectivity index (χ4v) is 1.71. The Balaban J connectivity index is 2.53. The van der Waals surface area contributed by atoms with E-state index in [1.54, 1.807) is 4.90 Å². The molecule has 2 unspecified atom stereocenters. The largest absolute Gasteiger partial charge is 0.444 e. The van der Waals surface area contributed by atoms with Gasteiger partial charge in [0.05, 0.1) is 0 Å². The third-order valence-corrected chi connectivity index (χ3v) is 2.44. The molecule has 0 aromatic carbocycles. The zero-order valence-electron chi connectivity index (χ0n) is 9.92. The summed E-state index contributed by atoms with van der Waals surface area (Å²) in [7, 11) is 0. The first-order valence-electron chi connectivity index (χ1n) is 5.43. The van der Waals surface area contributed by atoms with E-state index >= 15 is 0 Å². The first-order chi connectivity index (χ1) is 6.79. The molecule has 0 radical (unpaired) electrons. The molecule has 88 valence electrons. The van der Waals surface area contributed by atoms with Gasteiger partial charge in [0.25, 0.3) is 0 Å². The number of alkyl halides is 1. The number of rotatable bonds is 0. The summed E-state index contributed by atoms with van der Waals surface area (Å²) in [6.45, 7) is 7.80. The van der Waals surface area contributed by atoms with E-state index in [-0.39, 0.29) is 12.1 Å². The molecule has 0 aromatic rings. The van der Waals surface area contributed by atoms with E-state index < -0.39 is 11.8 Å². The highest BCUT2D eigenvalue weighted by molar-refractivity contribution is 5.68. The molecule has 1 fully saturated rings. The second-order valence-electron chi connectivity index (χ2n) is 5.14. The standard InChI is InChI=1S/C11H20FNO2/c1-8-7-9(12)5-6-13(8)10(14)15-11(2,3)4/h8-9H,5-7H2,1-4H3. The van der Waals surface area contributed by atoms with Crippen molar-refractivity contribution >= 4 is 6.09 Å². The van der Waals surface area contributed by atoms with Gasteiger partial charge >= 0.3 is 6.09 Å². The molecule has 0 aliphatic carbocycles. The average Bonchev–Trinajstić information content (AvgIpc) is 1.99. The van der Waals surface area contributed by atoms with Crippen LogP contribution in [0.4, 0.5) is 9.18 Å². The maximum Gasteiger partial charge on any atom is 0.410 e. The van der Waals surface area contributed by atoms with E-state index in [4.69, 9.17) is 4.74 Å². The highest BCUT2D eigenvalue weighted by Crippen LogP contribution is 2.21. The van der Waals surface area contributed by atoms with Gasteiger partial charge in [-0.3, -0.25) is 0 Å². The van der Waals surface area contributed by atoms with E-state index in [1.165, 1.54) is 0 Å². The van der Waals surface area contributed by atoms with Crippen LogP contribution in [0.3, 0.4) is 0 Å². The molecule has 3 nitrogen and oxygen atoms in total. The fraction of sp³-hybridized carbons (Fsp3) is 0.909. The highest BCUT2D eigenvalue weighted by Gasteiger charge is 2.31. The van der Waals surface area contributed by atoms with E-state index in [0.717, 1.165) is 0 Å². The van der Waals surface area contributed by atoms with Crippen LogP contribution in [-0.2, 0) is 4.74 Å². The third kappa shape index (κ3) is 3.68. The molecule has 1 heterocycles. The van der Waals surface area contributed by atoms with Crippen molar-refractivity contribution in [1.29, 1.82) is 0 Å². The van der Waals surface area contributed by atoms with Gasteiger partial charge in [-0.25, -0.2) is 9.18 Å². The topological polar surface area (TPSA) is 29.5 Å². The zero-order valence-corrected chi connectivity index (χ0v) is 9.92. The molecule has 0 saturated carbocycles. The van der Waals surface area contributed by atoms with Crippen molar-refractivity contribution in [1.82, 2.24) is 4.90 Å². The molecular weight excluding hydrogens is 197 g/mol. The lowest BCUT2D eigenvalue weighted by atomic mass is 10.0. The molecule has 1 amide bonds. The Labute approximate surface area is 90.6 Å². The number of carbonyl (C=O) groups is 1. The third-order valence-electron chi connectivity index (χ3n) is 2.44. The lowest BCUT2D eigenvalue weighted by Crippen LogP contribution is -2.47. The van der Waals surface area contributed by atoms with Crippen molar-refractivity contribution in [2.45, 2.75) is 58.4 Å². The van der Waals surface area contributed by atoms with Crippen molar-refractivity contribution in [3.05, 3.63) is 0 Å². The Morgan fingerprint density at radius 2 is 2.07 bits per heavy atom. The maximum absolute atomic E-state index is 13.0. The predicted octanol–water partition coefficient (Wildman–Crippen LogP) is 2.74. The van der Waals surface area contributed by atoms with Crippen molar-refractivity contribution < 1.29 is 13.9 Å². The first-order valence-corrected chi connectivity index (χ1v) is 5.43. The summed E-state index contributed by atoms with van der Waals surface area (Å²) in [6, 6.07) is -0.0661. The van der Waals surface area contributed by atoms with Gasteiger partial charge in [-0.2, -0.15) is 0 Å². The maximum atomic E-state index is 13.0. The first kappa shape index (κ1) is 12.3. The number of amides is 1. The molecule has 1 rings (SSSR count). The number of nitrogens with zero attached hydrogens (tertiary/aromatic N) is 1. The number of carbonyl (C=O) groups excluding carboxylic acids is 1. The fourth-order valence-electron chi connectivity index (χ4n) is 1.71. The molecule has 2 atom stereocenters. The molecule has 0 N–H and O–H groups in total. The zero-order chi connectivity index (χ0) is 11.6. The van der Waals surface area contributed by atoms with Crippen LogP contribution in [0, 0.1) is 0 Å². The van der Waals surface area contributed by atoms with E-state index in [2.05, 4.69) is 0 Å². The molecule has 0 spiro atoms. The quantitative estimate of drug-likeness (QED) is 0.624. The summed E-state index contributed by atoms with van der Waals surface area (Å²) < 4.78 is 18.3. The van der Waals surface area contributed by atoms with Gasteiger partial charge in [0.1, 0.15) is 11.8 Å². The van der Waals surface area contributed by atoms with Crippen LogP contribution in [0.15, 0.2) is 0 Å². The van der Waals surface area contributed by atoms with Crippen molar-refractivity contribution in [2.75, 3.05) is 6.54 Å². The SMILES string of the molecule is CC1CC(F)CCN1C(=O)OC(C)(C)C. The monoisotopic (exact) mass is 217 g/mol. The molecule has 15 heavy (non-hydrogen) atoms.